The molecule has 3 aromatic rings. The van der Waals surface area contributed by atoms with Crippen molar-refractivity contribution < 1.29 is 4.79 Å². The molecule has 1 unspecified atom stereocenters. The minimum Gasteiger partial charge on any atom is -0.309 e. The summed E-state index contributed by atoms with van der Waals surface area (Å²) < 4.78 is 0. The minimum absolute atomic E-state index is 0.0433. The van der Waals surface area contributed by atoms with Crippen LogP contribution in [-0.2, 0) is 4.79 Å². The van der Waals surface area contributed by atoms with Crippen LogP contribution in [0.2, 0.25) is 0 Å². The van der Waals surface area contributed by atoms with Crippen LogP contribution >= 0.6 is 11.3 Å². The second kappa shape index (κ2) is 8.52. The van der Waals surface area contributed by atoms with Gasteiger partial charge in [-0.05, 0) is 29.0 Å². The van der Waals surface area contributed by atoms with E-state index in [1.165, 1.54) is 5.57 Å². The van der Waals surface area contributed by atoms with Gasteiger partial charge in [-0.25, -0.2) is 9.97 Å². The van der Waals surface area contributed by atoms with E-state index in [9.17, 15) is 4.79 Å². The molecule has 1 aromatic carbocycles. The summed E-state index contributed by atoms with van der Waals surface area (Å²) >= 11 is 1.58. The summed E-state index contributed by atoms with van der Waals surface area (Å²) in [7, 11) is 0. The number of benzene rings is 1. The molecule has 4 nitrogen and oxygen atoms in total. The Labute approximate surface area is 191 Å². The highest BCUT2D eigenvalue weighted by Crippen LogP contribution is 2.41. The monoisotopic (exact) mass is 437 g/mol. The van der Waals surface area contributed by atoms with Crippen LogP contribution in [-0.4, -0.2) is 15.9 Å². The third-order valence-electron chi connectivity index (χ3n) is 5.81. The van der Waals surface area contributed by atoms with Gasteiger partial charge in [0, 0.05) is 11.0 Å². The van der Waals surface area contributed by atoms with Crippen LogP contribution < -0.4 is 5.32 Å². The number of carbonyl (C=O) groups excluding carboxylic acids is 1. The van der Waals surface area contributed by atoms with Gasteiger partial charge in [0.25, 0.3) is 0 Å². The van der Waals surface area contributed by atoms with Crippen LogP contribution in [0.25, 0.3) is 21.8 Å². The number of aromatic nitrogens is 2. The Morgan fingerprint density at radius 3 is 2.84 bits per heavy atom. The summed E-state index contributed by atoms with van der Waals surface area (Å²) in [5.41, 5.74) is 4.72. The highest BCUT2D eigenvalue weighted by Gasteiger charge is 2.28. The van der Waals surface area contributed by atoms with E-state index in [0.29, 0.717) is 17.9 Å². The molecule has 1 amide bonds. The highest BCUT2D eigenvalue weighted by molar-refractivity contribution is 7.13. The fraction of sp³-hybridized carbons (Fsp3) is 0.148. The van der Waals surface area contributed by atoms with Crippen molar-refractivity contribution in [2.24, 2.45) is 5.41 Å². The first kappa shape index (κ1) is 20.3. The van der Waals surface area contributed by atoms with Crippen molar-refractivity contribution in [3.63, 3.8) is 0 Å². The van der Waals surface area contributed by atoms with Gasteiger partial charge in [0.05, 0.1) is 23.2 Å². The summed E-state index contributed by atoms with van der Waals surface area (Å²) in [6.07, 6.45) is 15.8. The van der Waals surface area contributed by atoms with Crippen molar-refractivity contribution in [1.29, 1.82) is 0 Å². The van der Waals surface area contributed by atoms with Crippen LogP contribution in [0.1, 0.15) is 19.8 Å². The molecule has 1 atom stereocenters. The van der Waals surface area contributed by atoms with Gasteiger partial charge in [0.1, 0.15) is 5.69 Å². The van der Waals surface area contributed by atoms with E-state index in [1.54, 1.807) is 17.5 Å². The predicted molar refractivity (Wildman–Crippen MR) is 131 cm³/mol. The first-order valence-corrected chi connectivity index (χ1v) is 11.5. The zero-order valence-electron chi connectivity index (χ0n) is 17.8. The third kappa shape index (κ3) is 4.12. The molecule has 0 radical (unpaired) electrons. The fourth-order valence-electron chi connectivity index (χ4n) is 4.12. The van der Waals surface area contributed by atoms with Gasteiger partial charge in [-0.1, -0.05) is 79.8 Å². The van der Waals surface area contributed by atoms with Gasteiger partial charge < -0.3 is 5.32 Å². The van der Waals surface area contributed by atoms with E-state index in [-0.39, 0.29) is 11.3 Å². The van der Waals surface area contributed by atoms with Gasteiger partial charge >= 0.3 is 0 Å². The van der Waals surface area contributed by atoms with Crippen LogP contribution in [0.5, 0.6) is 0 Å². The summed E-state index contributed by atoms with van der Waals surface area (Å²) in [6.45, 7) is 2.21. The Bertz CT molecular complexity index is 1270. The molecule has 0 saturated carbocycles. The lowest BCUT2D eigenvalue weighted by atomic mass is 9.72. The van der Waals surface area contributed by atoms with E-state index < -0.39 is 0 Å². The Morgan fingerprint density at radius 1 is 1.16 bits per heavy atom. The molecule has 1 N–H and O–H groups in total. The minimum atomic E-state index is -0.0946. The average molecular weight is 438 g/mol. The van der Waals surface area contributed by atoms with E-state index in [1.807, 2.05) is 53.9 Å². The van der Waals surface area contributed by atoms with Gasteiger partial charge in [0.15, 0.2) is 5.82 Å². The maximum Gasteiger partial charge on any atom is 0.229 e. The number of amides is 1. The lowest BCUT2D eigenvalue weighted by molar-refractivity contribution is -0.115. The highest BCUT2D eigenvalue weighted by atomic mass is 32.1. The largest absolute Gasteiger partial charge is 0.309 e. The number of hydrogen-bond acceptors (Lipinski definition) is 4. The van der Waals surface area contributed by atoms with Crippen LogP contribution in [0, 0.1) is 5.41 Å². The molecule has 5 heteroatoms. The Kier molecular flexibility index (Phi) is 5.41. The Balaban J connectivity index is 1.39. The van der Waals surface area contributed by atoms with Crippen molar-refractivity contribution in [3.8, 4) is 21.8 Å². The van der Waals surface area contributed by atoms with Gasteiger partial charge in [-0.2, -0.15) is 0 Å². The quantitative estimate of drug-likeness (QED) is 0.490. The zero-order chi connectivity index (χ0) is 22.0. The van der Waals surface area contributed by atoms with Crippen molar-refractivity contribution in [1.82, 2.24) is 9.97 Å². The maximum atomic E-state index is 12.9. The summed E-state index contributed by atoms with van der Waals surface area (Å²) in [4.78, 5) is 23.3. The molecule has 2 aliphatic carbocycles. The van der Waals surface area contributed by atoms with Crippen LogP contribution in [0.15, 0.2) is 102 Å². The van der Waals surface area contributed by atoms with Gasteiger partial charge in [0.2, 0.25) is 5.91 Å². The lowest BCUT2D eigenvalue weighted by Gasteiger charge is -2.32. The molecule has 0 saturated heterocycles. The van der Waals surface area contributed by atoms with Crippen molar-refractivity contribution in [3.05, 3.63) is 102 Å². The summed E-state index contributed by atoms with van der Waals surface area (Å²) in [5.74, 6) is 0.396. The first-order chi connectivity index (χ1) is 15.6. The third-order valence-corrected chi connectivity index (χ3v) is 6.69. The second-order valence-corrected chi connectivity index (χ2v) is 9.19. The average Bonchev–Trinajstić information content (AvgIpc) is 3.34. The van der Waals surface area contributed by atoms with E-state index in [0.717, 1.165) is 28.1 Å². The smallest absolute Gasteiger partial charge is 0.229 e. The van der Waals surface area contributed by atoms with E-state index >= 15 is 0 Å². The Hall–Kier alpha value is -3.57. The fourth-order valence-corrected chi connectivity index (χ4v) is 4.84. The SMILES string of the molecule is CC12C=C(CC(=O)Nc3ncc(-c4ccccc4)nc3-c3cccs3)C=CC1=CC=CC2. The number of carbonyl (C=O) groups is 1. The van der Waals surface area contributed by atoms with Crippen molar-refractivity contribution >= 4 is 23.1 Å². The number of allylic oxidation sites excluding steroid dienone is 7. The molecule has 2 aromatic heterocycles. The van der Waals surface area contributed by atoms with Crippen LogP contribution in [0.3, 0.4) is 0 Å². The molecule has 5 rings (SSSR count). The number of thiophene rings is 1. The second-order valence-electron chi connectivity index (χ2n) is 8.25. The van der Waals surface area contributed by atoms with Crippen LogP contribution in [0.4, 0.5) is 5.82 Å². The van der Waals surface area contributed by atoms with Crippen molar-refractivity contribution in [2.75, 3.05) is 5.32 Å². The predicted octanol–water partition coefficient (Wildman–Crippen LogP) is 6.59. The molecule has 158 valence electrons. The van der Waals surface area contributed by atoms with E-state index in [2.05, 4.69) is 47.6 Å². The summed E-state index contributed by atoms with van der Waals surface area (Å²) in [6, 6.07) is 13.9. The molecule has 0 spiro atoms. The van der Waals surface area contributed by atoms with Gasteiger partial charge in [-0.3, -0.25) is 4.79 Å². The van der Waals surface area contributed by atoms with Gasteiger partial charge in [-0.15, -0.1) is 11.3 Å². The number of hydrogen-bond donors (Lipinski definition) is 1. The Morgan fingerprint density at radius 2 is 2.03 bits per heavy atom. The molecule has 32 heavy (non-hydrogen) atoms. The molecular weight excluding hydrogens is 414 g/mol. The molecule has 0 bridgehead atoms. The number of nitrogens with one attached hydrogen (secondary N) is 1. The molecular formula is C27H23N3OS. The number of anilines is 1. The zero-order valence-corrected chi connectivity index (χ0v) is 18.6. The number of rotatable bonds is 5. The lowest BCUT2D eigenvalue weighted by Crippen LogP contribution is -2.21. The molecule has 2 aliphatic rings. The molecule has 2 heterocycles. The number of nitrogens with zero attached hydrogens (tertiary/aromatic N) is 2. The molecule has 0 aliphatic heterocycles. The first-order valence-electron chi connectivity index (χ1n) is 10.6. The van der Waals surface area contributed by atoms with Crippen molar-refractivity contribution in [2.45, 2.75) is 19.8 Å². The maximum absolute atomic E-state index is 12.9. The normalized spacial score (nSPS) is 19.2. The van der Waals surface area contributed by atoms with E-state index in [4.69, 9.17) is 4.98 Å². The number of fused-ring (bicyclic) bond motifs is 1. The topological polar surface area (TPSA) is 54.9 Å². The standard InChI is InChI=1S/C27H23N3OS/c1-27-14-6-5-10-21(27)13-12-19(17-27)16-24(31)30-26-25(23-11-7-15-32-23)29-22(18-28-26)20-8-3-2-4-9-20/h2-13,15,17-18H,14,16H2,1H3,(H,28,30,31). The molecule has 0 fully saturated rings. The summed E-state index contributed by atoms with van der Waals surface area (Å²) in [5, 5.41) is 5.00.